The summed E-state index contributed by atoms with van der Waals surface area (Å²) in [4.78, 5) is 14.1. The van der Waals surface area contributed by atoms with Crippen LogP contribution in [-0.2, 0) is 11.2 Å². The highest BCUT2D eigenvalue weighted by atomic mass is 28.2. The average Bonchev–Trinajstić information content (AvgIpc) is 2.60. The second-order valence-electron chi connectivity index (χ2n) is 6.04. The van der Waals surface area contributed by atoms with Crippen LogP contribution in [0.5, 0.6) is 0 Å². The van der Waals surface area contributed by atoms with Gasteiger partial charge in [-0.25, -0.2) is 0 Å². The van der Waals surface area contributed by atoms with Crippen LogP contribution < -0.4 is 10.2 Å². The third-order valence-electron chi connectivity index (χ3n) is 3.94. The quantitative estimate of drug-likeness (QED) is 0.365. The zero-order valence-electron chi connectivity index (χ0n) is 14.8. The van der Waals surface area contributed by atoms with Crippen molar-refractivity contribution in [2.24, 2.45) is 0 Å². The predicted octanol–water partition coefficient (Wildman–Crippen LogP) is 0.942. The fourth-order valence-corrected chi connectivity index (χ4v) is 3.32. The van der Waals surface area contributed by atoms with Crippen LogP contribution in [-0.4, -0.2) is 58.5 Å². The van der Waals surface area contributed by atoms with Gasteiger partial charge in [0.05, 0.1) is 6.42 Å². The van der Waals surface area contributed by atoms with Gasteiger partial charge in [0, 0.05) is 48.1 Å². The zero-order chi connectivity index (χ0) is 17.6. The van der Waals surface area contributed by atoms with Crippen molar-refractivity contribution >= 4 is 21.1 Å². The molecule has 1 aromatic carbocycles. The molecule has 0 aromatic heterocycles. The maximum atomic E-state index is 11.9. The number of aliphatic hydroxyl groups excluding tert-OH is 2. The SMILES string of the molecule is C[SiH2]CCCNC(=O)Cc1ccc(N(CCCO)CCCO)cc1. The first-order valence-corrected chi connectivity index (χ1v) is 11.4. The van der Waals surface area contributed by atoms with Gasteiger partial charge >= 0.3 is 0 Å². The van der Waals surface area contributed by atoms with Gasteiger partial charge in [0.2, 0.25) is 5.91 Å². The van der Waals surface area contributed by atoms with Gasteiger partial charge in [-0.15, -0.1) is 0 Å². The highest BCUT2D eigenvalue weighted by molar-refractivity contribution is 6.33. The molecule has 0 atom stereocenters. The molecule has 0 aliphatic rings. The zero-order valence-corrected chi connectivity index (χ0v) is 16.3. The molecule has 0 saturated heterocycles. The van der Waals surface area contributed by atoms with E-state index in [2.05, 4.69) is 16.8 Å². The van der Waals surface area contributed by atoms with Gasteiger partial charge in [0.15, 0.2) is 0 Å². The highest BCUT2D eigenvalue weighted by Gasteiger charge is 2.07. The van der Waals surface area contributed by atoms with Crippen LogP contribution in [0.25, 0.3) is 0 Å². The first kappa shape index (κ1) is 20.7. The molecule has 0 spiro atoms. The predicted molar refractivity (Wildman–Crippen MR) is 103 cm³/mol. The fourth-order valence-electron chi connectivity index (χ4n) is 2.57. The van der Waals surface area contributed by atoms with Gasteiger partial charge in [-0.05, 0) is 37.0 Å². The average molecular weight is 353 g/mol. The van der Waals surface area contributed by atoms with Crippen LogP contribution in [0.2, 0.25) is 12.6 Å². The molecule has 24 heavy (non-hydrogen) atoms. The molecule has 3 N–H and O–H groups in total. The summed E-state index contributed by atoms with van der Waals surface area (Å²) >= 11 is 0. The van der Waals surface area contributed by atoms with E-state index in [1.165, 1.54) is 6.04 Å². The molecule has 0 bridgehead atoms. The number of hydrogen-bond acceptors (Lipinski definition) is 4. The molecule has 136 valence electrons. The van der Waals surface area contributed by atoms with Gasteiger partial charge in [-0.2, -0.15) is 0 Å². The summed E-state index contributed by atoms with van der Waals surface area (Å²) in [6.07, 6.45) is 2.92. The van der Waals surface area contributed by atoms with E-state index in [0.717, 1.165) is 37.3 Å². The van der Waals surface area contributed by atoms with Crippen LogP contribution in [0.3, 0.4) is 0 Å². The molecule has 0 saturated carbocycles. The third-order valence-corrected chi connectivity index (χ3v) is 5.15. The Morgan fingerprint density at radius 3 is 2.25 bits per heavy atom. The molecular formula is C18H32N2O3Si. The van der Waals surface area contributed by atoms with Crippen molar-refractivity contribution in [3.05, 3.63) is 29.8 Å². The maximum absolute atomic E-state index is 11.9. The van der Waals surface area contributed by atoms with E-state index in [4.69, 9.17) is 10.2 Å². The minimum Gasteiger partial charge on any atom is -0.396 e. The molecule has 5 nitrogen and oxygen atoms in total. The summed E-state index contributed by atoms with van der Waals surface area (Å²) < 4.78 is 0. The Labute approximate surface area is 147 Å². The monoisotopic (exact) mass is 352 g/mol. The molecule has 0 unspecified atom stereocenters. The van der Waals surface area contributed by atoms with Crippen molar-refractivity contribution in [3.63, 3.8) is 0 Å². The van der Waals surface area contributed by atoms with Gasteiger partial charge in [-0.3, -0.25) is 4.79 Å². The lowest BCUT2D eigenvalue weighted by molar-refractivity contribution is -0.120. The van der Waals surface area contributed by atoms with Crippen LogP contribution in [0.4, 0.5) is 5.69 Å². The number of carbonyl (C=O) groups excluding carboxylic acids is 1. The van der Waals surface area contributed by atoms with E-state index >= 15 is 0 Å². The van der Waals surface area contributed by atoms with E-state index in [1.807, 2.05) is 24.3 Å². The van der Waals surface area contributed by atoms with Gasteiger partial charge < -0.3 is 20.4 Å². The molecular weight excluding hydrogens is 320 g/mol. The molecule has 1 rings (SSSR count). The Hall–Kier alpha value is -1.37. The van der Waals surface area contributed by atoms with Crippen LogP contribution in [0.15, 0.2) is 24.3 Å². The summed E-state index contributed by atoms with van der Waals surface area (Å²) in [6.45, 7) is 4.92. The number of benzene rings is 1. The number of amides is 1. The minimum absolute atomic E-state index is 0.0814. The van der Waals surface area contributed by atoms with Crippen LogP contribution in [0.1, 0.15) is 24.8 Å². The smallest absolute Gasteiger partial charge is 0.224 e. The number of nitrogens with zero attached hydrogens (tertiary/aromatic N) is 1. The van der Waals surface area contributed by atoms with Crippen molar-refractivity contribution in [1.82, 2.24) is 5.32 Å². The normalized spacial score (nSPS) is 11.1. The number of nitrogens with one attached hydrogen (secondary N) is 1. The van der Waals surface area contributed by atoms with E-state index < -0.39 is 0 Å². The van der Waals surface area contributed by atoms with E-state index in [9.17, 15) is 4.79 Å². The lowest BCUT2D eigenvalue weighted by Crippen LogP contribution is -2.27. The molecule has 0 heterocycles. The van der Waals surface area contributed by atoms with Gasteiger partial charge in [-0.1, -0.05) is 24.7 Å². The molecule has 6 heteroatoms. The first-order chi connectivity index (χ1) is 11.7. The molecule has 0 aliphatic carbocycles. The van der Waals surface area contributed by atoms with E-state index in [1.54, 1.807) is 0 Å². The largest absolute Gasteiger partial charge is 0.396 e. The van der Waals surface area contributed by atoms with Crippen molar-refractivity contribution in [2.75, 3.05) is 37.7 Å². The van der Waals surface area contributed by atoms with Crippen molar-refractivity contribution < 1.29 is 15.0 Å². The topological polar surface area (TPSA) is 72.8 Å². The summed E-state index contributed by atoms with van der Waals surface area (Å²) in [5.74, 6) is 0.0814. The number of aliphatic hydroxyl groups is 2. The summed E-state index contributed by atoms with van der Waals surface area (Å²) in [5, 5.41) is 21.0. The summed E-state index contributed by atoms with van der Waals surface area (Å²) in [7, 11) is 0.0996. The molecule has 0 fully saturated rings. The van der Waals surface area contributed by atoms with Crippen LogP contribution in [0, 0.1) is 0 Å². The third kappa shape index (κ3) is 8.47. The second kappa shape index (κ2) is 13.0. The Balaban J connectivity index is 2.51. The Bertz CT molecular complexity index is 446. The number of anilines is 1. The molecule has 0 radical (unpaired) electrons. The molecule has 0 aliphatic heterocycles. The lowest BCUT2D eigenvalue weighted by atomic mass is 10.1. The standard InChI is InChI=1S/C18H32N2O3Si/c1-24-14-2-9-19-18(23)15-16-5-7-17(8-6-16)20(10-3-12-21)11-4-13-22/h5-8,21-22H,2-4,9-15,24H2,1H3,(H,19,23). The minimum atomic E-state index is 0.0814. The van der Waals surface area contributed by atoms with Crippen molar-refractivity contribution in [3.8, 4) is 0 Å². The number of rotatable bonds is 13. The fraction of sp³-hybridized carbons (Fsp3) is 0.611. The summed E-state index contributed by atoms with van der Waals surface area (Å²) in [5.41, 5.74) is 2.07. The van der Waals surface area contributed by atoms with Crippen molar-refractivity contribution in [2.45, 2.75) is 38.3 Å². The highest BCUT2D eigenvalue weighted by Crippen LogP contribution is 2.16. The molecule has 1 aromatic rings. The first-order valence-electron chi connectivity index (χ1n) is 9.03. The van der Waals surface area contributed by atoms with Gasteiger partial charge in [0.1, 0.15) is 0 Å². The molecule has 1 amide bonds. The Morgan fingerprint density at radius 2 is 1.71 bits per heavy atom. The van der Waals surface area contributed by atoms with Crippen LogP contribution >= 0.6 is 0 Å². The number of carbonyl (C=O) groups is 1. The Morgan fingerprint density at radius 1 is 1.08 bits per heavy atom. The Kier molecular flexibility index (Phi) is 11.2. The number of hydrogen-bond donors (Lipinski definition) is 3. The van der Waals surface area contributed by atoms with E-state index in [0.29, 0.717) is 19.3 Å². The lowest BCUT2D eigenvalue weighted by Gasteiger charge is -2.24. The van der Waals surface area contributed by atoms with Crippen molar-refractivity contribution in [1.29, 1.82) is 0 Å². The van der Waals surface area contributed by atoms with Gasteiger partial charge in [0.25, 0.3) is 0 Å². The second-order valence-corrected chi connectivity index (χ2v) is 7.75. The van der Waals surface area contributed by atoms with E-state index in [-0.39, 0.29) is 28.6 Å². The summed E-state index contributed by atoms with van der Waals surface area (Å²) in [6, 6.07) is 9.28. The maximum Gasteiger partial charge on any atom is 0.224 e.